The Morgan fingerprint density at radius 3 is 2.48 bits per heavy atom. The first kappa shape index (κ1) is 28.7. The van der Waals surface area contributed by atoms with Crippen LogP contribution in [-0.2, 0) is 23.4 Å². The number of H-pyrrole nitrogens is 1. The molecule has 1 aliphatic heterocycles. The predicted molar refractivity (Wildman–Crippen MR) is 136 cm³/mol. The highest BCUT2D eigenvalue weighted by atomic mass is 31.2. The van der Waals surface area contributed by atoms with Gasteiger partial charge in [-0.15, -0.1) is 0 Å². The lowest BCUT2D eigenvalue weighted by atomic mass is 9.95. The third-order valence-electron chi connectivity index (χ3n) is 7.55. The minimum absolute atomic E-state index is 0.0437. The summed E-state index contributed by atoms with van der Waals surface area (Å²) in [5, 5.41) is 24.8. The number of esters is 1. The van der Waals surface area contributed by atoms with E-state index in [4.69, 9.17) is 18.5 Å². The molecule has 1 aromatic carbocycles. The van der Waals surface area contributed by atoms with E-state index in [9.17, 15) is 29.2 Å². The number of aromatic nitrogens is 2. The van der Waals surface area contributed by atoms with Crippen molar-refractivity contribution >= 4 is 13.7 Å². The zero-order chi connectivity index (χ0) is 28.9. The number of carbonyl (C=O) groups excluding carboxylic acids is 1. The molecule has 15 heteroatoms. The second-order valence-corrected chi connectivity index (χ2v) is 12.1. The highest BCUT2D eigenvalue weighted by Crippen LogP contribution is 2.71. The molecule has 2 aliphatic carbocycles. The van der Waals surface area contributed by atoms with Crippen LogP contribution in [0.25, 0.3) is 0 Å². The summed E-state index contributed by atoms with van der Waals surface area (Å²) in [6, 6.07) is 7.45. The molecule has 5 rings (SSSR count). The molecular formula is C25H31FN3O10P. The number of benzene rings is 1. The zero-order valence-corrected chi connectivity index (χ0v) is 22.7. The van der Waals surface area contributed by atoms with E-state index in [0.29, 0.717) is 17.4 Å². The number of rotatable bonds is 9. The summed E-state index contributed by atoms with van der Waals surface area (Å²) in [5.41, 5.74) is -7.09. The summed E-state index contributed by atoms with van der Waals surface area (Å²) in [4.78, 5) is 38.4. The summed E-state index contributed by atoms with van der Waals surface area (Å²) < 4.78 is 52.4. The fraction of sp³-hybridized carbons (Fsp3) is 0.560. The molecule has 1 saturated heterocycles. The van der Waals surface area contributed by atoms with Gasteiger partial charge in [-0.2, -0.15) is 5.09 Å². The second-order valence-electron chi connectivity index (χ2n) is 10.5. The molecule has 0 radical (unpaired) electrons. The number of nitrogens with one attached hydrogen (secondary N) is 2. The van der Waals surface area contributed by atoms with Gasteiger partial charge < -0.3 is 24.2 Å². The molecule has 3 aliphatic rings. The van der Waals surface area contributed by atoms with Crippen LogP contribution < -0.4 is 20.9 Å². The zero-order valence-electron chi connectivity index (χ0n) is 21.8. The van der Waals surface area contributed by atoms with Crippen molar-refractivity contribution in [2.75, 3.05) is 0 Å². The Kier molecular flexibility index (Phi) is 7.30. The van der Waals surface area contributed by atoms with E-state index in [0.717, 1.165) is 38.4 Å². The van der Waals surface area contributed by atoms with Crippen molar-refractivity contribution < 1.29 is 42.5 Å². The first-order valence-electron chi connectivity index (χ1n) is 12.9. The summed E-state index contributed by atoms with van der Waals surface area (Å²) in [7, 11) is -4.66. The fourth-order valence-corrected chi connectivity index (χ4v) is 6.96. The van der Waals surface area contributed by atoms with Crippen molar-refractivity contribution in [3.05, 3.63) is 63.4 Å². The van der Waals surface area contributed by atoms with Crippen molar-refractivity contribution in [1.82, 2.24) is 14.6 Å². The van der Waals surface area contributed by atoms with Crippen molar-refractivity contribution in [1.29, 1.82) is 0 Å². The highest BCUT2D eigenvalue weighted by Gasteiger charge is 2.95. The number of hydrogen-bond donors (Lipinski definition) is 4. The lowest BCUT2D eigenvalue weighted by Crippen LogP contribution is -2.51. The molecule has 2 unspecified atom stereocenters. The maximum Gasteiger partial charge on any atom is 0.460 e. The maximum absolute atomic E-state index is 16.0. The Bertz CT molecular complexity index is 1430. The van der Waals surface area contributed by atoms with Crippen LogP contribution in [0.4, 0.5) is 4.39 Å². The van der Waals surface area contributed by atoms with E-state index >= 15 is 4.39 Å². The van der Waals surface area contributed by atoms with Gasteiger partial charge in [0.25, 0.3) is 11.4 Å². The van der Waals surface area contributed by atoms with E-state index in [-0.39, 0.29) is 11.9 Å². The molecule has 0 bridgehead atoms. The van der Waals surface area contributed by atoms with Gasteiger partial charge in [-0.25, -0.2) is 13.8 Å². The van der Waals surface area contributed by atoms with Gasteiger partial charge >= 0.3 is 19.4 Å². The Hall–Kier alpha value is -2.87. The molecule has 3 fully saturated rings. The molecule has 2 heterocycles. The van der Waals surface area contributed by atoms with Gasteiger partial charge in [0.05, 0.1) is 0 Å². The van der Waals surface area contributed by atoms with Gasteiger partial charge in [-0.1, -0.05) is 24.6 Å². The van der Waals surface area contributed by atoms with E-state index in [1.54, 1.807) is 18.2 Å². The maximum atomic E-state index is 16.0. The van der Waals surface area contributed by atoms with Crippen LogP contribution >= 0.6 is 7.75 Å². The molecule has 0 amide bonds. The molecular weight excluding hydrogens is 552 g/mol. The van der Waals surface area contributed by atoms with E-state index in [1.807, 2.05) is 4.98 Å². The standard InChI is InChI=1S/C25H31FN3O10P/c1-15(19(31)36-16-9-5-3-6-10-16)28-40(35,38-17-11-7-4-8-12-17)39-20-24(34)23(2,33)21(37-25(20,24)26)29-14-13-18(30)27-22(29)32/h4,7-8,11-16,20-21,33-34H,3,5-6,9-10H2,1-2H3,(H,28,35)(H,27,30,32)/t15?,20?,21-,23+,24+,25-,40-/m1/s1. The summed E-state index contributed by atoms with van der Waals surface area (Å²) >= 11 is 0. The number of ether oxygens (including phenoxy) is 2. The Morgan fingerprint density at radius 2 is 1.88 bits per heavy atom. The number of para-hydroxylation sites is 1. The van der Waals surface area contributed by atoms with Crippen molar-refractivity contribution in [2.45, 2.75) is 87.5 Å². The Labute approximate surface area is 227 Å². The third kappa shape index (κ3) is 4.82. The molecule has 13 nitrogen and oxygen atoms in total. The smallest absolute Gasteiger partial charge is 0.460 e. The number of halogens is 1. The van der Waals surface area contributed by atoms with Crippen LogP contribution in [0.15, 0.2) is 52.2 Å². The van der Waals surface area contributed by atoms with Crippen LogP contribution in [0, 0.1) is 0 Å². The number of alkyl halides is 1. The van der Waals surface area contributed by atoms with E-state index < -0.39 is 60.4 Å². The highest BCUT2D eigenvalue weighted by molar-refractivity contribution is 7.52. The molecule has 2 saturated carbocycles. The number of aromatic amines is 1. The monoisotopic (exact) mass is 583 g/mol. The Morgan fingerprint density at radius 1 is 1.20 bits per heavy atom. The third-order valence-corrected chi connectivity index (χ3v) is 9.19. The van der Waals surface area contributed by atoms with Crippen LogP contribution in [0.1, 0.15) is 52.2 Å². The normalized spacial score (nSPS) is 33.9. The predicted octanol–water partition coefficient (Wildman–Crippen LogP) is 1.65. The summed E-state index contributed by atoms with van der Waals surface area (Å²) in [6.45, 7) is 2.37. The van der Waals surface area contributed by atoms with Crippen molar-refractivity contribution in [3.63, 3.8) is 0 Å². The molecule has 1 aromatic heterocycles. The average molecular weight is 584 g/mol. The molecule has 0 spiro atoms. The lowest BCUT2D eigenvalue weighted by Gasteiger charge is -2.33. The van der Waals surface area contributed by atoms with Crippen LogP contribution in [-0.4, -0.2) is 61.0 Å². The topological polar surface area (TPSA) is 178 Å². The lowest BCUT2D eigenvalue weighted by molar-refractivity contribution is -0.180. The number of hydrogen-bond acceptors (Lipinski definition) is 10. The largest absolute Gasteiger partial charge is 0.461 e. The van der Waals surface area contributed by atoms with Crippen LogP contribution in [0.2, 0.25) is 0 Å². The van der Waals surface area contributed by atoms with Gasteiger partial charge in [-0.3, -0.25) is 23.7 Å². The molecule has 218 valence electrons. The first-order valence-corrected chi connectivity index (χ1v) is 14.5. The summed E-state index contributed by atoms with van der Waals surface area (Å²) in [6.07, 6.45) is 1.15. The fourth-order valence-electron chi connectivity index (χ4n) is 5.26. The summed E-state index contributed by atoms with van der Waals surface area (Å²) in [5.74, 6) is -3.82. The van der Waals surface area contributed by atoms with Crippen molar-refractivity contribution in [3.8, 4) is 5.75 Å². The van der Waals surface area contributed by atoms with E-state index in [2.05, 4.69) is 5.09 Å². The molecule has 40 heavy (non-hydrogen) atoms. The Balaban J connectivity index is 1.38. The van der Waals surface area contributed by atoms with Gasteiger partial charge in [0.2, 0.25) is 0 Å². The first-order chi connectivity index (χ1) is 18.8. The van der Waals surface area contributed by atoms with Crippen LogP contribution in [0.5, 0.6) is 5.75 Å². The molecule has 2 aromatic rings. The van der Waals surface area contributed by atoms with Gasteiger partial charge in [-0.05, 0) is 51.7 Å². The molecule has 4 N–H and O–H groups in total. The van der Waals surface area contributed by atoms with Crippen LogP contribution in [0.3, 0.4) is 0 Å². The second kappa shape index (κ2) is 10.2. The van der Waals surface area contributed by atoms with Gasteiger partial charge in [0.1, 0.15) is 23.5 Å². The average Bonchev–Trinajstić information content (AvgIpc) is 3.30. The minimum atomic E-state index is -4.66. The van der Waals surface area contributed by atoms with Gasteiger partial charge in [0.15, 0.2) is 17.9 Å². The number of fused-ring (bicyclic) bond motifs is 1. The number of nitrogens with zero attached hydrogens (tertiary/aromatic N) is 1. The minimum Gasteiger partial charge on any atom is -0.461 e. The van der Waals surface area contributed by atoms with E-state index in [1.165, 1.54) is 19.1 Å². The van der Waals surface area contributed by atoms with Gasteiger partial charge in [0, 0.05) is 12.3 Å². The quantitative estimate of drug-likeness (QED) is 0.249. The number of aliphatic hydroxyl groups is 2. The number of carbonyl (C=O) groups is 1. The SMILES string of the molecule is CC(N[P@@](=O)(Oc1ccccc1)OC1[C@]2(O)[C@@](C)(O)[C@H](n3ccc(=O)[nH]c3=O)O[C@]12F)C(=O)OC1CCCCC1. The molecule has 7 atom stereocenters. The van der Waals surface area contributed by atoms with Crippen molar-refractivity contribution in [2.24, 2.45) is 0 Å².